The van der Waals surface area contributed by atoms with Crippen molar-refractivity contribution in [2.75, 3.05) is 26.2 Å². The normalized spacial score (nSPS) is 19.3. The Kier molecular flexibility index (Phi) is 4.85. The van der Waals surface area contributed by atoms with Gasteiger partial charge in [0.15, 0.2) is 11.0 Å². The van der Waals surface area contributed by atoms with Crippen molar-refractivity contribution >= 4 is 17.9 Å². The van der Waals surface area contributed by atoms with E-state index in [0.717, 1.165) is 32.5 Å². The Morgan fingerprint density at radius 1 is 1.47 bits per heavy atom. The average molecular weight is 286 g/mol. The number of aldehydes is 1. The highest BCUT2D eigenvalue weighted by Gasteiger charge is 2.21. The lowest BCUT2D eigenvalue weighted by molar-refractivity contribution is -0.112. The summed E-state index contributed by atoms with van der Waals surface area (Å²) in [5.74, 6) is -0.437. The molecule has 1 atom stereocenters. The summed E-state index contributed by atoms with van der Waals surface area (Å²) in [7, 11) is 0. The number of halogens is 2. The molecule has 1 aromatic heterocycles. The summed E-state index contributed by atoms with van der Waals surface area (Å²) in [6.45, 7) is 5.69. The number of carbonyl (C=O) groups is 1. The van der Waals surface area contributed by atoms with Crippen LogP contribution in [0, 0.1) is 5.82 Å². The van der Waals surface area contributed by atoms with Gasteiger partial charge in [0, 0.05) is 44.5 Å². The number of nitrogens with zero attached hydrogens (tertiary/aromatic N) is 3. The third-order valence-corrected chi connectivity index (χ3v) is 3.76. The molecule has 0 saturated carbocycles. The summed E-state index contributed by atoms with van der Waals surface area (Å²) in [6.07, 6.45) is 2.48. The molecule has 0 N–H and O–H groups in total. The van der Waals surface area contributed by atoms with Gasteiger partial charge in [0.2, 0.25) is 0 Å². The molecule has 104 valence electrons. The number of hydrogen-bond acceptors (Lipinski definition) is 4. The fourth-order valence-electron chi connectivity index (χ4n) is 2.23. The van der Waals surface area contributed by atoms with Gasteiger partial charge in [-0.05, 0) is 13.0 Å². The molecule has 1 unspecified atom stereocenters. The summed E-state index contributed by atoms with van der Waals surface area (Å²) in [5.41, 5.74) is 0.567. The van der Waals surface area contributed by atoms with Crippen LogP contribution < -0.4 is 0 Å². The molecular weight excluding hydrogens is 269 g/mol. The molecule has 0 bridgehead atoms. The van der Waals surface area contributed by atoms with Crippen LogP contribution >= 0.6 is 11.6 Å². The van der Waals surface area contributed by atoms with E-state index in [9.17, 15) is 9.18 Å². The van der Waals surface area contributed by atoms with E-state index in [4.69, 9.17) is 11.6 Å². The smallest absolute Gasteiger partial charge is 0.165 e. The average Bonchev–Trinajstić information content (AvgIpc) is 2.44. The van der Waals surface area contributed by atoms with E-state index < -0.39 is 5.82 Å². The van der Waals surface area contributed by atoms with Gasteiger partial charge in [-0.1, -0.05) is 11.6 Å². The molecule has 0 aromatic carbocycles. The van der Waals surface area contributed by atoms with Crippen LogP contribution in [-0.4, -0.2) is 53.3 Å². The highest BCUT2D eigenvalue weighted by Crippen LogP contribution is 2.17. The van der Waals surface area contributed by atoms with Gasteiger partial charge in [-0.3, -0.25) is 9.80 Å². The molecule has 1 aliphatic heterocycles. The minimum absolute atomic E-state index is 0.0470. The summed E-state index contributed by atoms with van der Waals surface area (Å²) in [4.78, 5) is 18.7. The van der Waals surface area contributed by atoms with Crippen LogP contribution in [0.3, 0.4) is 0 Å². The Morgan fingerprint density at radius 3 is 2.79 bits per heavy atom. The first kappa shape index (κ1) is 14.4. The van der Waals surface area contributed by atoms with E-state index in [0.29, 0.717) is 12.1 Å². The molecule has 4 nitrogen and oxygen atoms in total. The predicted octanol–water partition coefficient (Wildman–Crippen LogP) is 1.58. The van der Waals surface area contributed by atoms with E-state index in [1.807, 2.05) is 6.92 Å². The number of aromatic nitrogens is 1. The zero-order valence-electron chi connectivity index (χ0n) is 10.9. The van der Waals surface area contributed by atoms with Gasteiger partial charge in [0.1, 0.15) is 6.29 Å². The number of rotatable bonds is 4. The van der Waals surface area contributed by atoms with Gasteiger partial charge in [-0.25, -0.2) is 9.37 Å². The van der Waals surface area contributed by atoms with Crippen molar-refractivity contribution < 1.29 is 9.18 Å². The SMILES string of the molecule is CC(C=O)N1CCN(Cc2ccnc(Cl)c2F)CC1. The molecule has 6 heteroatoms. The maximum Gasteiger partial charge on any atom is 0.165 e. The van der Waals surface area contributed by atoms with Gasteiger partial charge in [0.25, 0.3) is 0 Å². The van der Waals surface area contributed by atoms with E-state index in [-0.39, 0.29) is 11.2 Å². The quantitative estimate of drug-likeness (QED) is 0.622. The van der Waals surface area contributed by atoms with Gasteiger partial charge < -0.3 is 4.79 Å². The fraction of sp³-hybridized carbons (Fsp3) is 0.538. The first-order valence-corrected chi connectivity index (χ1v) is 6.70. The van der Waals surface area contributed by atoms with E-state index in [1.54, 1.807) is 6.07 Å². The largest absolute Gasteiger partial charge is 0.302 e. The maximum atomic E-state index is 13.7. The first-order valence-electron chi connectivity index (χ1n) is 6.32. The molecule has 1 fully saturated rings. The summed E-state index contributed by atoms with van der Waals surface area (Å²) >= 11 is 5.66. The Balaban J connectivity index is 1.92. The maximum absolute atomic E-state index is 13.7. The number of hydrogen-bond donors (Lipinski definition) is 0. The lowest BCUT2D eigenvalue weighted by Gasteiger charge is -2.36. The molecule has 2 heterocycles. The molecule has 1 aromatic rings. The van der Waals surface area contributed by atoms with Crippen molar-refractivity contribution in [3.63, 3.8) is 0 Å². The minimum atomic E-state index is -0.437. The zero-order chi connectivity index (χ0) is 13.8. The van der Waals surface area contributed by atoms with Gasteiger partial charge >= 0.3 is 0 Å². The molecule has 0 amide bonds. The van der Waals surface area contributed by atoms with Crippen LogP contribution in [-0.2, 0) is 11.3 Å². The van der Waals surface area contributed by atoms with E-state index in [2.05, 4.69) is 14.8 Å². The lowest BCUT2D eigenvalue weighted by Crippen LogP contribution is -2.49. The second-order valence-corrected chi connectivity index (χ2v) is 5.12. The Labute approximate surface area is 117 Å². The standard InChI is InChI=1S/C13H17ClFN3O/c1-10(9-19)18-6-4-17(5-7-18)8-11-2-3-16-13(14)12(11)15/h2-3,9-10H,4-8H2,1H3. The monoisotopic (exact) mass is 285 g/mol. The second-order valence-electron chi connectivity index (χ2n) is 4.76. The third-order valence-electron chi connectivity index (χ3n) is 3.50. The summed E-state index contributed by atoms with van der Waals surface area (Å²) < 4.78 is 13.7. The number of carbonyl (C=O) groups excluding carboxylic acids is 1. The number of pyridine rings is 1. The van der Waals surface area contributed by atoms with Crippen LogP contribution in [0.15, 0.2) is 12.3 Å². The third kappa shape index (κ3) is 3.49. The van der Waals surface area contributed by atoms with Crippen LogP contribution in [0.5, 0.6) is 0 Å². The van der Waals surface area contributed by atoms with Crippen molar-refractivity contribution in [2.45, 2.75) is 19.5 Å². The van der Waals surface area contributed by atoms with Gasteiger partial charge in [0.05, 0.1) is 6.04 Å². The molecular formula is C13H17ClFN3O. The van der Waals surface area contributed by atoms with Crippen molar-refractivity contribution in [3.05, 3.63) is 28.8 Å². The lowest BCUT2D eigenvalue weighted by atomic mass is 10.2. The van der Waals surface area contributed by atoms with Crippen molar-refractivity contribution in [1.82, 2.24) is 14.8 Å². The molecule has 0 radical (unpaired) electrons. The van der Waals surface area contributed by atoms with Gasteiger partial charge in [-0.15, -0.1) is 0 Å². The van der Waals surface area contributed by atoms with Crippen LogP contribution in [0.25, 0.3) is 0 Å². The molecule has 0 spiro atoms. The molecule has 2 rings (SSSR count). The van der Waals surface area contributed by atoms with E-state index in [1.165, 1.54) is 6.20 Å². The Morgan fingerprint density at radius 2 is 2.16 bits per heavy atom. The summed E-state index contributed by atoms with van der Waals surface area (Å²) in [5, 5.41) is -0.0780. The van der Waals surface area contributed by atoms with Crippen molar-refractivity contribution in [2.24, 2.45) is 0 Å². The van der Waals surface area contributed by atoms with E-state index >= 15 is 0 Å². The zero-order valence-corrected chi connectivity index (χ0v) is 11.6. The Hall–Kier alpha value is -1.04. The highest BCUT2D eigenvalue weighted by molar-refractivity contribution is 6.29. The topological polar surface area (TPSA) is 36.4 Å². The predicted molar refractivity (Wildman–Crippen MR) is 71.6 cm³/mol. The minimum Gasteiger partial charge on any atom is -0.302 e. The first-order chi connectivity index (χ1) is 9.11. The second kappa shape index (κ2) is 6.41. The molecule has 1 aliphatic rings. The summed E-state index contributed by atoms with van der Waals surface area (Å²) in [6, 6.07) is 1.61. The van der Waals surface area contributed by atoms with Crippen LogP contribution in [0.1, 0.15) is 12.5 Å². The molecule has 19 heavy (non-hydrogen) atoms. The molecule has 0 aliphatic carbocycles. The van der Waals surface area contributed by atoms with Crippen LogP contribution in [0.4, 0.5) is 4.39 Å². The van der Waals surface area contributed by atoms with Crippen molar-refractivity contribution in [3.8, 4) is 0 Å². The van der Waals surface area contributed by atoms with Crippen LogP contribution in [0.2, 0.25) is 5.15 Å². The number of piperazine rings is 1. The fourth-order valence-corrected chi connectivity index (χ4v) is 2.41. The van der Waals surface area contributed by atoms with Gasteiger partial charge in [-0.2, -0.15) is 0 Å². The van der Waals surface area contributed by atoms with Crippen molar-refractivity contribution in [1.29, 1.82) is 0 Å². The Bertz CT molecular complexity index is 450. The molecule has 1 saturated heterocycles. The highest BCUT2D eigenvalue weighted by atomic mass is 35.5.